The summed E-state index contributed by atoms with van der Waals surface area (Å²) in [5, 5.41) is 7.86. The van der Waals surface area contributed by atoms with Crippen molar-refractivity contribution in [1.29, 1.82) is 0 Å². The number of aromatic nitrogens is 1. The molecular weight excluding hydrogens is 399 g/mol. The minimum Gasteiger partial charge on any atom is -0.318 e. The zero-order valence-corrected chi connectivity index (χ0v) is 16.6. The molecule has 8 heteroatoms. The Morgan fingerprint density at radius 3 is 2.57 bits per heavy atom. The highest BCUT2D eigenvalue weighted by Gasteiger charge is 2.13. The molecule has 1 heterocycles. The molecular formula is C20H16Cl2N4O2. The zero-order valence-electron chi connectivity index (χ0n) is 15.1. The van der Waals surface area contributed by atoms with E-state index in [0.717, 1.165) is 22.0 Å². The molecule has 2 aromatic carbocycles. The van der Waals surface area contributed by atoms with Gasteiger partial charge in [-0.3, -0.25) is 9.59 Å². The number of aryl methyl sites for hydroxylation is 2. The number of rotatable bonds is 3. The van der Waals surface area contributed by atoms with Gasteiger partial charge in [-0.1, -0.05) is 41.4 Å². The molecule has 142 valence electrons. The number of carbonyl (C=O) groups excluding carboxylic acids is 2. The molecule has 0 bridgehead atoms. The summed E-state index contributed by atoms with van der Waals surface area (Å²) in [5.74, 6) is -1.79. The van der Waals surface area contributed by atoms with Crippen molar-refractivity contribution in [1.82, 2.24) is 10.4 Å². The molecule has 0 radical (unpaired) electrons. The first-order chi connectivity index (χ1) is 13.3. The van der Waals surface area contributed by atoms with Gasteiger partial charge in [0.05, 0.1) is 11.7 Å². The lowest BCUT2D eigenvalue weighted by atomic mass is 10.1. The van der Waals surface area contributed by atoms with Gasteiger partial charge >= 0.3 is 11.8 Å². The Balaban J connectivity index is 1.66. The molecule has 6 nitrogen and oxygen atoms in total. The molecule has 28 heavy (non-hydrogen) atoms. The summed E-state index contributed by atoms with van der Waals surface area (Å²) in [5.41, 5.74) is 5.80. The highest BCUT2D eigenvalue weighted by Crippen LogP contribution is 2.21. The number of hydrogen-bond donors (Lipinski definition) is 2. The molecule has 2 N–H and O–H groups in total. The molecule has 0 aliphatic carbocycles. The van der Waals surface area contributed by atoms with Crippen LogP contribution in [0.5, 0.6) is 0 Å². The fraction of sp³-hybridized carbons (Fsp3) is 0.100. The van der Waals surface area contributed by atoms with Gasteiger partial charge < -0.3 is 5.32 Å². The maximum Gasteiger partial charge on any atom is 0.329 e. The smallest absolute Gasteiger partial charge is 0.318 e. The minimum atomic E-state index is -0.923. The quantitative estimate of drug-likeness (QED) is 0.290. The van der Waals surface area contributed by atoms with E-state index in [2.05, 4.69) is 20.8 Å². The number of anilines is 1. The van der Waals surface area contributed by atoms with Crippen LogP contribution in [0.15, 0.2) is 47.6 Å². The summed E-state index contributed by atoms with van der Waals surface area (Å²) in [6, 6.07) is 12.6. The molecule has 0 spiro atoms. The molecule has 0 saturated heterocycles. The third kappa shape index (κ3) is 4.65. The Morgan fingerprint density at radius 2 is 1.82 bits per heavy atom. The van der Waals surface area contributed by atoms with Crippen molar-refractivity contribution < 1.29 is 9.59 Å². The molecule has 0 saturated carbocycles. The molecule has 0 aliphatic heterocycles. The minimum absolute atomic E-state index is 0.245. The van der Waals surface area contributed by atoms with Crippen molar-refractivity contribution in [3.63, 3.8) is 0 Å². The summed E-state index contributed by atoms with van der Waals surface area (Å²) >= 11 is 12.2. The maximum absolute atomic E-state index is 11.9. The van der Waals surface area contributed by atoms with Gasteiger partial charge in [0, 0.05) is 21.7 Å². The van der Waals surface area contributed by atoms with Crippen molar-refractivity contribution in [2.75, 3.05) is 5.32 Å². The van der Waals surface area contributed by atoms with Crippen LogP contribution in [0.3, 0.4) is 0 Å². The molecule has 0 aliphatic rings. The molecule has 3 aromatic rings. The van der Waals surface area contributed by atoms with E-state index in [0.29, 0.717) is 16.3 Å². The van der Waals surface area contributed by atoms with Crippen molar-refractivity contribution in [2.24, 2.45) is 5.10 Å². The van der Waals surface area contributed by atoms with Gasteiger partial charge in [-0.05, 0) is 49.2 Å². The first-order valence-electron chi connectivity index (χ1n) is 8.31. The lowest BCUT2D eigenvalue weighted by Gasteiger charge is -2.06. The second-order valence-corrected chi connectivity index (χ2v) is 6.95. The summed E-state index contributed by atoms with van der Waals surface area (Å²) in [6.07, 6.45) is 1.34. The van der Waals surface area contributed by atoms with E-state index in [-0.39, 0.29) is 5.15 Å². The molecule has 2 amide bonds. The van der Waals surface area contributed by atoms with Gasteiger partial charge in [-0.2, -0.15) is 5.10 Å². The normalized spacial score (nSPS) is 11.0. The molecule has 0 atom stereocenters. The third-order valence-electron chi connectivity index (χ3n) is 3.96. The van der Waals surface area contributed by atoms with E-state index in [9.17, 15) is 9.59 Å². The van der Waals surface area contributed by atoms with Crippen LogP contribution in [0.1, 0.15) is 16.7 Å². The van der Waals surface area contributed by atoms with Crippen LogP contribution in [0.4, 0.5) is 5.69 Å². The Morgan fingerprint density at radius 1 is 1.04 bits per heavy atom. The van der Waals surface area contributed by atoms with Gasteiger partial charge in [0.1, 0.15) is 5.15 Å². The number of nitrogens with one attached hydrogen (secondary N) is 2. The summed E-state index contributed by atoms with van der Waals surface area (Å²) < 4.78 is 0. The Labute approximate surface area is 171 Å². The Bertz CT molecular complexity index is 1110. The van der Waals surface area contributed by atoms with E-state index in [4.69, 9.17) is 23.2 Å². The first-order valence-corrected chi connectivity index (χ1v) is 9.06. The molecule has 1 aromatic heterocycles. The second kappa shape index (κ2) is 8.37. The number of benzene rings is 2. The molecule has 0 unspecified atom stereocenters. The maximum atomic E-state index is 11.9. The highest BCUT2D eigenvalue weighted by atomic mass is 35.5. The highest BCUT2D eigenvalue weighted by molar-refractivity contribution is 6.40. The predicted octanol–water partition coefficient (Wildman–Crippen LogP) is 4.25. The van der Waals surface area contributed by atoms with E-state index in [1.165, 1.54) is 6.21 Å². The van der Waals surface area contributed by atoms with Gasteiger partial charge in [-0.25, -0.2) is 10.4 Å². The monoisotopic (exact) mass is 414 g/mol. The van der Waals surface area contributed by atoms with Crippen molar-refractivity contribution in [3.05, 3.63) is 69.3 Å². The van der Waals surface area contributed by atoms with Crippen molar-refractivity contribution in [2.45, 2.75) is 13.8 Å². The number of fused-ring (bicyclic) bond motifs is 1. The second-order valence-electron chi connectivity index (χ2n) is 6.18. The van der Waals surface area contributed by atoms with E-state index in [1.807, 2.05) is 32.0 Å². The average Bonchev–Trinajstić information content (AvgIpc) is 2.65. The Hall–Kier alpha value is -2.96. The van der Waals surface area contributed by atoms with Crippen LogP contribution in [0, 0.1) is 13.8 Å². The summed E-state index contributed by atoms with van der Waals surface area (Å²) in [4.78, 5) is 28.2. The van der Waals surface area contributed by atoms with E-state index >= 15 is 0 Å². The van der Waals surface area contributed by atoms with Crippen molar-refractivity contribution in [3.8, 4) is 0 Å². The number of hydrogen-bond acceptors (Lipinski definition) is 4. The van der Waals surface area contributed by atoms with Gasteiger partial charge in [0.15, 0.2) is 0 Å². The van der Waals surface area contributed by atoms with Crippen LogP contribution in [-0.4, -0.2) is 23.0 Å². The van der Waals surface area contributed by atoms with Crippen LogP contribution in [-0.2, 0) is 9.59 Å². The first kappa shape index (κ1) is 19.8. The van der Waals surface area contributed by atoms with Gasteiger partial charge in [-0.15, -0.1) is 0 Å². The number of nitrogens with zero attached hydrogens (tertiary/aromatic N) is 2. The standard InChI is InChI=1S/C20H16Cl2N4O2/c1-11-3-5-13-8-14(18(22)25-17(13)7-11)10-23-26-20(28)19(27)24-15-6-4-12(2)16(21)9-15/h3-10H,1-2H3,(H,24,27)(H,26,28)/b23-10+. The molecule has 3 rings (SSSR count). The van der Waals surface area contributed by atoms with E-state index in [1.54, 1.807) is 24.3 Å². The SMILES string of the molecule is Cc1ccc2cc(/C=N/NC(=O)C(=O)Nc3ccc(C)c(Cl)c3)c(Cl)nc2c1. The number of carbonyl (C=O) groups is 2. The van der Waals surface area contributed by atoms with Crippen LogP contribution in [0.2, 0.25) is 10.2 Å². The predicted molar refractivity (Wildman–Crippen MR) is 112 cm³/mol. The summed E-state index contributed by atoms with van der Waals surface area (Å²) in [7, 11) is 0. The van der Waals surface area contributed by atoms with Gasteiger partial charge in [0.25, 0.3) is 0 Å². The zero-order chi connectivity index (χ0) is 20.3. The van der Waals surface area contributed by atoms with Crippen LogP contribution < -0.4 is 10.7 Å². The fourth-order valence-corrected chi connectivity index (χ4v) is 2.81. The Kier molecular flexibility index (Phi) is 5.92. The summed E-state index contributed by atoms with van der Waals surface area (Å²) in [6.45, 7) is 3.80. The molecule has 0 fully saturated rings. The van der Waals surface area contributed by atoms with Crippen molar-refractivity contribution >= 4 is 57.8 Å². The number of halogens is 2. The number of amides is 2. The number of hydrazone groups is 1. The lowest BCUT2D eigenvalue weighted by Crippen LogP contribution is -2.32. The lowest BCUT2D eigenvalue weighted by molar-refractivity contribution is -0.136. The van der Waals surface area contributed by atoms with Crippen LogP contribution in [0.25, 0.3) is 10.9 Å². The topological polar surface area (TPSA) is 83.5 Å². The number of pyridine rings is 1. The van der Waals surface area contributed by atoms with Gasteiger partial charge in [0.2, 0.25) is 0 Å². The van der Waals surface area contributed by atoms with Crippen LogP contribution >= 0.6 is 23.2 Å². The fourth-order valence-electron chi connectivity index (χ4n) is 2.43. The average molecular weight is 415 g/mol. The third-order valence-corrected chi connectivity index (χ3v) is 4.67. The van der Waals surface area contributed by atoms with E-state index < -0.39 is 11.8 Å². The largest absolute Gasteiger partial charge is 0.329 e.